The first-order valence-corrected chi connectivity index (χ1v) is 5.79. The minimum absolute atomic E-state index is 0.194. The first-order chi connectivity index (χ1) is 7.27. The zero-order valence-electron chi connectivity index (χ0n) is 9.56. The van der Waals surface area contributed by atoms with Gasteiger partial charge in [-0.1, -0.05) is 12.8 Å². The Morgan fingerprint density at radius 3 is 2.87 bits per heavy atom. The van der Waals surface area contributed by atoms with E-state index in [0.717, 1.165) is 19.4 Å². The molecule has 0 bridgehead atoms. The predicted molar refractivity (Wildman–Crippen MR) is 58.8 cm³/mol. The average molecular weight is 217 g/mol. The molecule has 0 radical (unpaired) electrons. The van der Waals surface area contributed by atoms with Gasteiger partial charge in [0.25, 0.3) is 0 Å². The zero-order valence-corrected chi connectivity index (χ0v) is 9.56. The Morgan fingerprint density at radius 1 is 1.40 bits per heavy atom. The Hall–Kier alpha value is -0.160. The molecule has 0 aromatic heterocycles. The van der Waals surface area contributed by atoms with Crippen molar-refractivity contribution in [2.45, 2.75) is 37.8 Å². The predicted octanol–water partition coefficient (Wildman–Crippen LogP) is 0.231. The van der Waals surface area contributed by atoms with Crippen molar-refractivity contribution >= 4 is 0 Å². The van der Waals surface area contributed by atoms with Gasteiger partial charge in [-0.3, -0.25) is 4.90 Å². The topological polar surface area (TPSA) is 52.9 Å². The van der Waals surface area contributed by atoms with Crippen molar-refractivity contribution in [3.8, 4) is 0 Å². The number of aliphatic hydroxyl groups is 2. The summed E-state index contributed by atoms with van der Waals surface area (Å²) in [7, 11) is 1.59. The Morgan fingerprint density at radius 2 is 2.20 bits per heavy atom. The highest BCUT2D eigenvalue weighted by molar-refractivity contribution is 4.76. The summed E-state index contributed by atoms with van der Waals surface area (Å²) in [5.41, 5.74) is 0. The highest BCUT2D eigenvalue weighted by Crippen LogP contribution is 2.16. The molecular weight excluding hydrogens is 194 g/mol. The quantitative estimate of drug-likeness (QED) is 0.692. The minimum atomic E-state index is -0.442. The number of hydrogen-bond acceptors (Lipinski definition) is 4. The zero-order chi connectivity index (χ0) is 11.1. The lowest BCUT2D eigenvalue weighted by Crippen LogP contribution is -2.43. The van der Waals surface area contributed by atoms with Gasteiger partial charge >= 0.3 is 0 Å². The summed E-state index contributed by atoms with van der Waals surface area (Å²) in [6, 6.07) is 0.221. The number of nitrogens with zero attached hydrogens (tertiary/aromatic N) is 1. The van der Waals surface area contributed by atoms with E-state index in [4.69, 9.17) is 4.74 Å². The van der Waals surface area contributed by atoms with Crippen molar-refractivity contribution in [1.29, 1.82) is 0 Å². The molecule has 2 atom stereocenters. The number of methoxy groups -OCH3 is 1. The fourth-order valence-electron chi connectivity index (χ4n) is 2.20. The van der Waals surface area contributed by atoms with Gasteiger partial charge in [-0.25, -0.2) is 0 Å². The first kappa shape index (κ1) is 12.9. The van der Waals surface area contributed by atoms with E-state index in [1.54, 1.807) is 7.11 Å². The van der Waals surface area contributed by atoms with E-state index < -0.39 is 6.10 Å². The van der Waals surface area contributed by atoms with Gasteiger partial charge < -0.3 is 14.9 Å². The lowest BCUT2D eigenvalue weighted by molar-refractivity contribution is 0.0183. The van der Waals surface area contributed by atoms with Gasteiger partial charge in [0.1, 0.15) is 0 Å². The molecule has 1 aliphatic heterocycles. The molecule has 0 aromatic carbocycles. The number of likely N-dealkylation sites (tertiary alicyclic amines) is 1. The van der Waals surface area contributed by atoms with Gasteiger partial charge in [-0.2, -0.15) is 0 Å². The second-order valence-corrected chi connectivity index (χ2v) is 4.29. The van der Waals surface area contributed by atoms with Gasteiger partial charge in [0.2, 0.25) is 0 Å². The monoisotopic (exact) mass is 217 g/mol. The SMILES string of the molecule is COCC(O)CN1CCCCCC1CO. The molecule has 2 unspecified atom stereocenters. The summed E-state index contributed by atoms with van der Waals surface area (Å²) in [6.07, 6.45) is 4.17. The van der Waals surface area contributed by atoms with Crippen LogP contribution >= 0.6 is 0 Å². The largest absolute Gasteiger partial charge is 0.395 e. The van der Waals surface area contributed by atoms with Crippen molar-refractivity contribution in [3.05, 3.63) is 0 Å². The molecule has 1 saturated heterocycles. The van der Waals surface area contributed by atoms with Gasteiger partial charge in [0.05, 0.1) is 19.3 Å². The Labute approximate surface area is 91.8 Å². The molecule has 4 nitrogen and oxygen atoms in total. The van der Waals surface area contributed by atoms with Gasteiger partial charge in [0, 0.05) is 19.7 Å². The summed E-state index contributed by atoms with van der Waals surface area (Å²) in [4.78, 5) is 2.19. The normalized spacial score (nSPS) is 26.2. The number of ether oxygens (including phenoxy) is 1. The summed E-state index contributed by atoms with van der Waals surface area (Å²) in [5.74, 6) is 0. The highest BCUT2D eigenvalue weighted by Gasteiger charge is 2.22. The molecule has 0 aromatic rings. The third-order valence-electron chi connectivity index (χ3n) is 3.01. The highest BCUT2D eigenvalue weighted by atomic mass is 16.5. The number of hydrogen-bond donors (Lipinski definition) is 2. The molecular formula is C11H23NO3. The lowest BCUT2D eigenvalue weighted by atomic mass is 10.1. The third-order valence-corrected chi connectivity index (χ3v) is 3.01. The molecule has 1 aliphatic rings. The van der Waals surface area contributed by atoms with Gasteiger partial charge in [0.15, 0.2) is 0 Å². The summed E-state index contributed by atoms with van der Waals surface area (Å²) < 4.78 is 4.91. The maximum absolute atomic E-state index is 9.66. The third kappa shape index (κ3) is 4.47. The molecule has 1 rings (SSSR count). The van der Waals surface area contributed by atoms with Crippen LogP contribution in [0.5, 0.6) is 0 Å². The van der Waals surface area contributed by atoms with E-state index in [-0.39, 0.29) is 12.6 Å². The van der Waals surface area contributed by atoms with E-state index in [0.29, 0.717) is 13.2 Å². The average Bonchev–Trinajstić information content (AvgIpc) is 2.43. The maximum Gasteiger partial charge on any atom is 0.0900 e. The molecule has 4 heteroatoms. The Bertz CT molecular complexity index is 166. The van der Waals surface area contributed by atoms with Crippen LogP contribution in [0.15, 0.2) is 0 Å². The number of β-amino-alcohol motifs (C(OH)–C–C–N with tert-alkyl or cyclic N) is 1. The Balaban J connectivity index is 2.40. The minimum Gasteiger partial charge on any atom is -0.395 e. The van der Waals surface area contributed by atoms with Crippen molar-refractivity contribution in [1.82, 2.24) is 4.90 Å². The standard InChI is InChI=1S/C11H23NO3/c1-15-9-11(14)7-12-6-4-2-3-5-10(12)8-13/h10-11,13-14H,2-9H2,1H3. The van der Waals surface area contributed by atoms with Crippen molar-refractivity contribution < 1.29 is 14.9 Å². The molecule has 15 heavy (non-hydrogen) atoms. The fourth-order valence-corrected chi connectivity index (χ4v) is 2.20. The maximum atomic E-state index is 9.66. The summed E-state index contributed by atoms with van der Waals surface area (Å²) >= 11 is 0. The van der Waals surface area contributed by atoms with Crippen LogP contribution in [0.4, 0.5) is 0 Å². The molecule has 0 amide bonds. The molecule has 1 fully saturated rings. The second kappa shape index (κ2) is 7.17. The van der Waals surface area contributed by atoms with E-state index in [2.05, 4.69) is 4.90 Å². The van der Waals surface area contributed by atoms with Crippen LogP contribution in [0.1, 0.15) is 25.7 Å². The van der Waals surface area contributed by atoms with E-state index in [1.165, 1.54) is 12.8 Å². The van der Waals surface area contributed by atoms with Crippen LogP contribution in [0.2, 0.25) is 0 Å². The van der Waals surface area contributed by atoms with Crippen LogP contribution in [0.3, 0.4) is 0 Å². The van der Waals surface area contributed by atoms with Crippen molar-refractivity contribution in [3.63, 3.8) is 0 Å². The molecule has 1 heterocycles. The van der Waals surface area contributed by atoms with Gasteiger partial charge in [-0.15, -0.1) is 0 Å². The Kier molecular flexibility index (Phi) is 6.17. The van der Waals surface area contributed by atoms with Crippen molar-refractivity contribution in [2.75, 3.05) is 33.4 Å². The first-order valence-electron chi connectivity index (χ1n) is 5.79. The number of aliphatic hydroxyl groups excluding tert-OH is 2. The van der Waals surface area contributed by atoms with Crippen LogP contribution < -0.4 is 0 Å². The van der Waals surface area contributed by atoms with Crippen molar-refractivity contribution in [2.24, 2.45) is 0 Å². The fraction of sp³-hybridized carbons (Fsp3) is 1.00. The lowest BCUT2D eigenvalue weighted by Gasteiger charge is -2.30. The van der Waals surface area contributed by atoms with E-state index in [9.17, 15) is 10.2 Å². The molecule has 0 aliphatic carbocycles. The van der Waals surface area contributed by atoms with Gasteiger partial charge in [-0.05, 0) is 19.4 Å². The molecule has 90 valence electrons. The smallest absolute Gasteiger partial charge is 0.0900 e. The van der Waals surface area contributed by atoms with Crippen LogP contribution in [-0.4, -0.2) is 60.7 Å². The second-order valence-electron chi connectivity index (χ2n) is 4.29. The van der Waals surface area contributed by atoms with E-state index in [1.807, 2.05) is 0 Å². The molecule has 0 saturated carbocycles. The molecule has 0 spiro atoms. The van der Waals surface area contributed by atoms with Crippen LogP contribution in [-0.2, 0) is 4.74 Å². The summed E-state index contributed by atoms with van der Waals surface area (Å²) in [5, 5.41) is 18.9. The molecule has 2 N–H and O–H groups in total. The van der Waals surface area contributed by atoms with E-state index >= 15 is 0 Å². The van der Waals surface area contributed by atoms with Crippen LogP contribution in [0, 0.1) is 0 Å². The number of rotatable bonds is 5. The summed E-state index contributed by atoms with van der Waals surface area (Å²) in [6.45, 7) is 2.15. The van der Waals surface area contributed by atoms with Crippen LogP contribution in [0.25, 0.3) is 0 Å².